The third-order valence-corrected chi connectivity index (χ3v) is 6.40. The molecule has 156 valence electrons. The van der Waals surface area contributed by atoms with Gasteiger partial charge < -0.3 is 9.80 Å². The maximum absolute atomic E-state index is 12.9. The molecule has 4 rings (SSSR count). The molecule has 0 spiro atoms. The summed E-state index contributed by atoms with van der Waals surface area (Å²) in [7, 11) is 0. The van der Waals surface area contributed by atoms with Crippen LogP contribution in [0.3, 0.4) is 0 Å². The molecule has 2 heterocycles. The Bertz CT molecular complexity index is 1020. The zero-order valence-corrected chi connectivity index (χ0v) is 19.1. The third-order valence-electron chi connectivity index (χ3n) is 4.90. The first-order valence-corrected chi connectivity index (χ1v) is 11.5. The first-order valence-electron chi connectivity index (χ1n) is 9.55. The second-order valence-corrected chi connectivity index (χ2v) is 9.13. The highest BCUT2D eigenvalue weighted by atomic mass is 35.5. The van der Waals surface area contributed by atoms with Gasteiger partial charge in [-0.3, -0.25) is 4.79 Å². The number of rotatable bonds is 4. The minimum atomic E-state index is -0.0538. The monoisotopic (exact) mass is 480 g/mol. The van der Waals surface area contributed by atoms with Gasteiger partial charge >= 0.3 is 0 Å². The maximum Gasteiger partial charge on any atom is 0.254 e. The molecule has 0 bridgehead atoms. The SMILES string of the molecule is O=C(c1cc(Cl)cc(Cl)c1)N1CCCN(c2nc(Cc3ccc(Cl)cc3)ns2)CC1. The van der Waals surface area contributed by atoms with Gasteiger partial charge in [0.1, 0.15) is 5.82 Å². The van der Waals surface area contributed by atoms with Crippen molar-refractivity contribution < 1.29 is 4.79 Å². The van der Waals surface area contributed by atoms with Crippen molar-refractivity contribution >= 4 is 57.4 Å². The summed E-state index contributed by atoms with van der Waals surface area (Å²) in [4.78, 5) is 21.6. The molecule has 0 unspecified atom stereocenters. The average molecular weight is 482 g/mol. The molecule has 0 radical (unpaired) electrons. The number of carbonyl (C=O) groups is 1. The number of hydrogen-bond donors (Lipinski definition) is 0. The highest BCUT2D eigenvalue weighted by Crippen LogP contribution is 2.23. The van der Waals surface area contributed by atoms with Crippen molar-refractivity contribution in [3.63, 3.8) is 0 Å². The van der Waals surface area contributed by atoms with Crippen molar-refractivity contribution in [1.82, 2.24) is 14.3 Å². The lowest BCUT2D eigenvalue weighted by Crippen LogP contribution is -2.35. The fraction of sp³-hybridized carbons (Fsp3) is 0.286. The summed E-state index contributed by atoms with van der Waals surface area (Å²) >= 11 is 19.5. The Labute approximate surface area is 194 Å². The van der Waals surface area contributed by atoms with Crippen molar-refractivity contribution in [3.05, 3.63) is 74.5 Å². The summed E-state index contributed by atoms with van der Waals surface area (Å²) in [6.07, 6.45) is 1.52. The van der Waals surface area contributed by atoms with Gasteiger partial charge in [0.25, 0.3) is 5.91 Å². The fourth-order valence-electron chi connectivity index (χ4n) is 3.40. The Balaban J connectivity index is 1.40. The normalized spacial score (nSPS) is 14.6. The summed E-state index contributed by atoms with van der Waals surface area (Å²) < 4.78 is 4.51. The number of anilines is 1. The Morgan fingerprint density at radius 1 is 0.933 bits per heavy atom. The molecule has 1 aliphatic heterocycles. The van der Waals surface area contributed by atoms with Crippen LogP contribution < -0.4 is 4.90 Å². The highest BCUT2D eigenvalue weighted by Gasteiger charge is 2.22. The van der Waals surface area contributed by atoms with Gasteiger partial charge in [0.2, 0.25) is 5.13 Å². The van der Waals surface area contributed by atoms with Crippen LogP contribution in [0.4, 0.5) is 5.13 Å². The summed E-state index contributed by atoms with van der Waals surface area (Å²) in [5.74, 6) is 0.741. The van der Waals surface area contributed by atoms with Crippen LogP contribution in [0.25, 0.3) is 0 Å². The Morgan fingerprint density at radius 3 is 2.40 bits per heavy atom. The summed E-state index contributed by atoms with van der Waals surface area (Å²) in [5.41, 5.74) is 1.64. The molecule has 3 aromatic rings. The number of benzene rings is 2. The molecule has 9 heteroatoms. The number of nitrogens with zero attached hydrogens (tertiary/aromatic N) is 4. The molecule has 1 aromatic heterocycles. The van der Waals surface area contributed by atoms with E-state index < -0.39 is 0 Å². The second-order valence-electron chi connectivity index (χ2n) is 7.09. The summed E-state index contributed by atoms with van der Waals surface area (Å²) in [6, 6.07) is 12.7. The van der Waals surface area contributed by atoms with E-state index in [1.165, 1.54) is 11.5 Å². The molecule has 1 aliphatic rings. The number of amides is 1. The van der Waals surface area contributed by atoms with Crippen LogP contribution in [-0.2, 0) is 6.42 Å². The molecule has 0 saturated carbocycles. The van der Waals surface area contributed by atoms with Crippen molar-refractivity contribution in [2.75, 3.05) is 31.1 Å². The molecule has 1 fully saturated rings. The number of hydrogen-bond acceptors (Lipinski definition) is 5. The van der Waals surface area contributed by atoms with Crippen molar-refractivity contribution in [2.45, 2.75) is 12.8 Å². The zero-order valence-electron chi connectivity index (χ0n) is 16.0. The van der Waals surface area contributed by atoms with E-state index >= 15 is 0 Å². The van der Waals surface area contributed by atoms with E-state index in [1.807, 2.05) is 29.2 Å². The Kier molecular flexibility index (Phi) is 6.78. The van der Waals surface area contributed by atoms with E-state index in [2.05, 4.69) is 9.27 Å². The lowest BCUT2D eigenvalue weighted by molar-refractivity contribution is 0.0767. The van der Waals surface area contributed by atoms with Crippen LogP contribution in [0.5, 0.6) is 0 Å². The van der Waals surface area contributed by atoms with Gasteiger partial charge in [0.05, 0.1) is 0 Å². The van der Waals surface area contributed by atoms with Crippen LogP contribution in [0.2, 0.25) is 15.1 Å². The molecule has 1 amide bonds. The first-order chi connectivity index (χ1) is 14.5. The van der Waals surface area contributed by atoms with Crippen LogP contribution in [0.15, 0.2) is 42.5 Å². The van der Waals surface area contributed by atoms with Crippen molar-refractivity contribution in [1.29, 1.82) is 0 Å². The molecule has 5 nitrogen and oxygen atoms in total. The minimum absolute atomic E-state index is 0.0538. The Hall–Kier alpha value is -1.86. The Morgan fingerprint density at radius 2 is 1.67 bits per heavy atom. The number of aromatic nitrogens is 2. The topological polar surface area (TPSA) is 49.3 Å². The number of carbonyl (C=O) groups excluding carboxylic acids is 1. The van der Waals surface area contributed by atoms with Crippen LogP contribution in [-0.4, -0.2) is 46.3 Å². The van der Waals surface area contributed by atoms with Gasteiger partial charge in [-0.25, -0.2) is 4.98 Å². The van der Waals surface area contributed by atoms with Crippen molar-refractivity contribution in [3.8, 4) is 0 Å². The molecular formula is C21H19Cl3N4OS. The van der Waals surface area contributed by atoms with Crippen molar-refractivity contribution in [2.24, 2.45) is 0 Å². The predicted molar refractivity (Wildman–Crippen MR) is 123 cm³/mol. The zero-order chi connectivity index (χ0) is 21.1. The van der Waals surface area contributed by atoms with E-state index in [0.717, 1.165) is 34.5 Å². The van der Waals surface area contributed by atoms with E-state index in [4.69, 9.17) is 39.8 Å². The van der Waals surface area contributed by atoms with E-state index in [0.29, 0.717) is 41.7 Å². The standard InChI is InChI=1S/C21H19Cl3N4OS/c22-16-4-2-14(3-5-16)10-19-25-21(30-26-19)28-7-1-6-27(8-9-28)20(29)15-11-17(23)13-18(24)12-15/h2-5,11-13H,1,6-10H2. The predicted octanol–water partition coefficient (Wildman–Crippen LogP) is 5.44. The highest BCUT2D eigenvalue weighted by molar-refractivity contribution is 7.09. The number of halogens is 3. The molecule has 2 aromatic carbocycles. The molecular weight excluding hydrogens is 463 g/mol. The molecule has 0 aliphatic carbocycles. The van der Waals surface area contributed by atoms with Gasteiger partial charge in [-0.2, -0.15) is 4.37 Å². The molecule has 0 N–H and O–H groups in total. The summed E-state index contributed by atoms with van der Waals surface area (Å²) in [5, 5.41) is 2.53. The quantitative estimate of drug-likeness (QED) is 0.498. The van der Waals surface area contributed by atoms with Crippen LogP contribution in [0.1, 0.15) is 28.2 Å². The summed E-state index contributed by atoms with van der Waals surface area (Å²) in [6.45, 7) is 2.82. The molecule has 0 atom stereocenters. The molecule has 1 saturated heterocycles. The lowest BCUT2D eigenvalue weighted by Gasteiger charge is -2.21. The van der Waals surface area contributed by atoms with Crippen LogP contribution >= 0.6 is 46.3 Å². The van der Waals surface area contributed by atoms with Gasteiger partial charge in [-0.1, -0.05) is 46.9 Å². The fourth-order valence-corrected chi connectivity index (χ4v) is 4.79. The van der Waals surface area contributed by atoms with Gasteiger partial charge in [0, 0.05) is 64.8 Å². The second kappa shape index (κ2) is 9.52. The van der Waals surface area contributed by atoms with Gasteiger partial charge in [0.15, 0.2) is 0 Å². The first kappa shape index (κ1) is 21.4. The molecule has 30 heavy (non-hydrogen) atoms. The van der Waals surface area contributed by atoms with Gasteiger partial charge in [-0.05, 0) is 42.3 Å². The largest absolute Gasteiger partial charge is 0.345 e. The van der Waals surface area contributed by atoms with Crippen LogP contribution in [0, 0.1) is 0 Å². The average Bonchev–Trinajstić information content (AvgIpc) is 3.03. The van der Waals surface area contributed by atoms with E-state index in [9.17, 15) is 4.79 Å². The van der Waals surface area contributed by atoms with Gasteiger partial charge in [-0.15, -0.1) is 0 Å². The van der Waals surface area contributed by atoms with E-state index in [1.54, 1.807) is 18.2 Å². The smallest absolute Gasteiger partial charge is 0.254 e. The third kappa shape index (κ3) is 5.24. The maximum atomic E-state index is 12.9. The minimum Gasteiger partial charge on any atom is -0.345 e. The lowest BCUT2D eigenvalue weighted by atomic mass is 10.1. The van der Waals surface area contributed by atoms with E-state index in [-0.39, 0.29) is 5.91 Å².